The van der Waals surface area contributed by atoms with Crippen LogP contribution >= 0.6 is 11.6 Å². The van der Waals surface area contributed by atoms with Gasteiger partial charge in [0.25, 0.3) is 0 Å². The van der Waals surface area contributed by atoms with Crippen LogP contribution in [0.3, 0.4) is 0 Å². The van der Waals surface area contributed by atoms with E-state index in [1.165, 1.54) is 18.4 Å². The first-order valence-electron chi connectivity index (χ1n) is 5.83. The van der Waals surface area contributed by atoms with E-state index in [-0.39, 0.29) is 0 Å². The molecule has 1 aromatic heterocycles. The van der Waals surface area contributed by atoms with Gasteiger partial charge >= 0.3 is 0 Å². The van der Waals surface area contributed by atoms with Crippen molar-refractivity contribution in [3.8, 4) is 11.3 Å². The van der Waals surface area contributed by atoms with Crippen molar-refractivity contribution in [2.24, 2.45) is 0 Å². The summed E-state index contributed by atoms with van der Waals surface area (Å²) in [5.74, 6) is 0.826. The van der Waals surface area contributed by atoms with Gasteiger partial charge in [0.2, 0.25) is 5.88 Å². The van der Waals surface area contributed by atoms with Gasteiger partial charge in [-0.05, 0) is 31.4 Å². The summed E-state index contributed by atoms with van der Waals surface area (Å²) >= 11 is 5.89. The Balaban J connectivity index is 2.03. The van der Waals surface area contributed by atoms with Crippen LogP contribution in [0.15, 0.2) is 28.8 Å². The molecule has 0 aliphatic carbocycles. The molecule has 88 valence electrons. The summed E-state index contributed by atoms with van der Waals surface area (Å²) < 4.78 is 5.36. The predicted molar refractivity (Wildman–Crippen MR) is 68.4 cm³/mol. The molecule has 0 amide bonds. The second-order valence-electron chi connectivity index (χ2n) is 4.23. The lowest BCUT2D eigenvalue weighted by molar-refractivity contribution is 0.434. The highest BCUT2D eigenvalue weighted by Gasteiger charge is 2.18. The number of aromatic nitrogens is 1. The van der Waals surface area contributed by atoms with Crippen LogP contribution in [-0.2, 0) is 6.42 Å². The first-order valence-corrected chi connectivity index (χ1v) is 6.21. The summed E-state index contributed by atoms with van der Waals surface area (Å²) in [7, 11) is 0. The minimum Gasteiger partial charge on any atom is -0.354 e. The molecule has 0 unspecified atom stereocenters. The molecule has 0 bridgehead atoms. The second kappa shape index (κ2) is 4.41. The fourth-order valence-corrected chi connectivity index (χ4v) is 2.27. The minimum atomic E-state index is 0.737. The van der Waals surface area contributed by atoms with Gasteiger partial charge in [0.15, 0.2) is 0 Å². The van der Waals surface area contributed by atoms with E-state index in [0.29, 0.717) is 0 Å². The molecule has 0 atom stereocenters. The lowest BCUT2D eigenvalue weighted by Crippen LogP contribution is -1.97. The highest BCUT2D eigenvalue weighted by molar-refractivity contribution is 6.30. The number of hydrogen-bond acceptors (Lipinski definition) is 3. The second-order valence-corrected chi connectivity index (χ2v) is 4.67. The molecule has 1 N–H and O–H groups in total. The molecule has 2 heterocycles. The van der Waals surface area contributed by atoms with Crippen LogP contribution in [0.5, 0.6) is 0 Å². The lowest BCUT2D eigenvalue weighted by atomic mass is 10.0. The van der Waals surface area contributed by atoms with Crippen molar-refractivity contribution in [2.75, 3.05) is 11.9 Å². The molecule has 1 aliphatic heterocycles. The number of nitrogens with one attached hydrogen (secondary N) is 1. The number of anilines is 1. The molecule has 1 aromatic carbocycles. The van der Waals surface area contributed by atoms with Crippen molar-refractivity contribution in [3.63, 3.8) is 0 Å². The molecular weight excluding hydrogens is 236 g/mol. The fourth-order valence-electron chi connectivity index (χ4n) is 2.14. The van der Waals surface area contributed by atoms with Crippen LogP contribution in [-0.4, -0.2) is 11.7 Å². The van der Waals surface area contributed by atoms with E-state index < -0.39 is 0 Å². The third-order valence-electron chi connectivity index (χ3n) is 3.04. The normalized spacial score (nSPS) is 14.9. The summed E-state index contributed by atoms with van der Waals surface area (Å²) in [6.07, 6.45) is 3.36. The molecular formula is C13H13ClN2O. The van der Waals surface area contributed by atoms with Gasteiger partial charge in [0.05, 0.1) is 0 Å². The third-order valence-corrected chi connectivity index (χ3v) is 3.30. The van der Waals surface area contributed by atoms with E-state index in [2.05, 4.69) is 10.5 Å². The van der Waals surface area contributed by atoms with Crippen LogP contribution < -0.4 is 5.32 Å². The SMILES string of the molecule is Clc1ccc(-c2noc3c2CCCCN3)cc1. The zero-order chi connectivity index (χ0) is 11.7. The van der Waals surface area contributed by atoms with Gasteiger partial charge in [0, 0.05) is 22.7 Å². The lowest BCUT2D eigenvalue weighted by Gasteiger charge is -2.00. The number of fused-ring (bicyclic) bond motifs is 1. The van der Waals surface area contributed by atoms with Gasteiger partial charge in [-0.25, -0.2) is 0 Å². The van der Waals surface area contributed by atoms with Gasteiger partial charge in [-0.15, -0.1) is 0 Å². The van der Waals surface area contributed by atoms with Crippen molar-refractivity contribution >= 4 is 17.5 Å². The maximum Gasteiger partial charge on any atom is 0.228 e. The Morgan fingerprint density at radius 2 is 2.00 bits per heavy atom. The summed E-state index contributed by atoms with van der Waals surface area (Å²) in [5.41, 5.74) is 3.18. The Labute approximate surface area is 105 Å². The molecule has 0 saturated carbocycles. The Bertz CT molecular complexity index is 519. The number of nitrogens with zero attached hydrogens (tertiary/aromatic N) is 1. The first kappa shape index (κ1) is 10.7. The number of hydrogen-bond donors (Lipinski definition) is 1. The number of benzene rings is 1. The van der Waals surface area contributed by atoms with Crippen LogP contribution in [0.4, 0.5) is 5.88 Å². The zero-order valence-corrected chi connectivity index (χ0v) is 10.1. The number of halogens is 1. The maximum atomic E-state index is 5.89. The molecule has 0 radical (unpaired) electrons. The Hall–Kier alpha value is -1.48. The Morgan fingerprint density at radius 3 is 2.82 bits per heavy atom. The molecule has 3 nitrogen and oxygen atoms in total. The van der Waals surface area contributed by atoms with E-state index in [1.807, 2.05) is 24.3 Å². The van der Waals surface area contributed by atoms with Crippen molar-refractivity contribution in [1.82, 2.24) is 5.16 Å². The van der Waals surface area contributed by atoms with E-state index in [0.717, 1.165) is 35.1 Å². The maximum absolute atomic E-state index is 5.89. The quantitative estimate of drug-likeness (QED) is 0.835. The topological polar surface area (TPSA) is 38.1 Å². The molecule has 1 aliphatic rings. The fraction of sp³-hybridized carbons (Fsp3) is 0.308. The average molecular weight is 249 g/mol. The van der Waals surface area contributed by atoms with Gasteiger partial charge < -0.3 is 9.84 Å². The third kappa shape index (κ3) is 2.03. The van der Waals surface area contributed by atoms with Crippen LogP contribution in [0.1, 0.15) is 18.4 Å². The van der Waals surface area contributed by atoms with E-state index in [9.17, 15) is 0 Å². The van der Waals surface area contributed by atoms with Gasteiger partial charge in [-0.3, -0.25) is 0 Å². The summed E-state index contributed by atoms with van der Waals surface area (Å²) in [4.78, 5) is 0. The van der Waals surface area contributed by atoms with Crippen molar-refractivity contribution in [1.29, 1.82) is 0 Å². The first-order chi connectivity index (χ1) is 8.34. The van der Waals surface area contributed by atoms with Crippen molar-refractivity contribution < 1.29 is 4.52 Å². The van der Waals surface area contributed by atoms with E-state index in [4.69, 9.17) is 16.1 Å². The smallest absolute Gasteiger partial charge is 0.228 e. The van der Waals surface area contributed by atoms with E-state index in [1.54, 1.807) is 0 Å². The molecule has 0 spiro atoms. The highest BCUT2D eigenvalue weighted by Crippen LogP contribution is 2.32. The van der Waals surface area contributed by atoms with Gasteiger partial charge in [-0.2, -0.15) is 0 Å². The molecule has 3 rings (SSSR count). The Morgan fingerprint density at radius 1 is 1.18 bits per heavy atom. The van der Waals surface area contributed by atoms with E-state index >= 15 is 0 Å². The molecule has 0 fully saturated rings. The van der Waals surface area contributed by atoms with Gasteiger partial charge in [0.1, 0.15) is 5.69 Å². The summed E-state index contributed by atoms with van der Waals surface area (Å²) in [6, 6.07) is 7.71. The highest BCUT2D eigenvalue weighted by atomic mass is 35.5. The Kier molecular flexibility index (Phi) is 2.77. The van der Waals surface area contributed by atoms with Crippen LogP contribution in [0.2, 0.25) is 5.02 Å². The predicted octanol–water partition coefficient (Wildman–Crippen LogP) is 3.74. The molecule has 4 heteroatoms. The average Bonchev–Trinajstić information content (AvgIpc) is 2.60. The molecule has 17 heavy (non-hydrogen) atoms. The largest absolute Gasteiger partial charge is 0.354 e. The monoisotopic (exact) mass is 248 g/mol. The van der Waals surface area contributed by atoms with Crippen LogP contribution in [0, 0.1) is 0 Å². The molecule has 0 saturated heterocycles. The minimum absolute atomic E-state index is 0.737. The number of rotatable bonds is 1. The summed E-state index contributed by atoms with van der Waals surface area (Å²) in [6.45, 7) is 0.961. The van der Waals surface area contributed by atoms with Gasteiger partial charge in [-0.1, -0.05) is 28.9 Å². The van der Waals surface area contributed by atoms with Crippen molar-refractivity contribution in [2.45, 2.75) is 19.3 Å². The standard InChI is InChI=1S/C13H13ClN2O/c14-10-6-4-9(5-7-10)12-11-3-1-2-8-15-13(11)17-16-12/h4-7,15H,1-3,8H2. The van der Waals surface area contributed by atoms with Crippen LogP contribution in [0.25, 0.3) is 11.3 Å². The van der Waals surface area contributed by atoms with Crippen molar-refractivity contribution in [3.05, 3.63) is 34.9 Å². The zero-order valence-electron chi connectivity index (χ0n) is 9.37. The summed E-state index contributed by atoms with van der Waals surface area (Å²) in [5, 5.41) is 8.17. The molecule has 2 aromatic rings.